The fraction of sp³-hybridized carbons (Fsp3) is 0.500. The Labute approximate surface area is 121 Å². The van der Waals surface area contributed by atoms with Gasteiger partial charge in [-0.3, -0.25) is 4.90 Å². The van der Waals surface area contributed by atoms with Crippen LogP contribution in [0.25, 0.3) is 0 Å². The van der Waals surface area contributed by atoms with Gasteiger partial charge in [0.2, 0.25) is 0 Å². The van der Waals surface area contributed by atoms with Crippen molar-refractivity contribution in [1.29, 1.82) is 0 Å². The lowest BCUT2D eigenvalue weighted by molar-refractivity contribution is -0.136. The summed E-state index contributed by atoms with van der Waals surface area (Å²) in [7, 11) is 0. The van der Waals surface area contributed by atoms with Crippen LogP contribution in [0.4, 0.5) is 0 Å². The molecule has 0 N–H and O–H groups in total. The molecule has 1 unspecified atom stereocenters. The zero-order valence-corrected chi connectivity index (χ0v) is 12.4. The lowest BCUT2D eigenvalue weighted by atomic mass is 10.1. The van der Waals surface area contributed by atoms with Gasteiger partial charge in [-0.05, 0) is 20.3 Å². The molecule has 0 heterocycles. The summed E-state index contributed by atoms with van der Waals surface area (Å²) in [6, 6.07) is -0.195. The summed E-state index contributed by atoms with van der Waals surface area (Å²) in [6.45, 7) is 12.2. The predicted molar refractivity (Wildman–Crippen MR) is 80.1 cm³/mol. The van der Waals surface area contributed by atoms with E-state index in [0.29, 0.717) is 32.5 Å². The van der Waals surface area contributed by atoms with Crippen LogP contribution in [0.3, 0.4) is 0 Å². The van der Waals surface area contributed by atoms with E-state index < -0.39 is 5.97 Å². The topological polar surface area (TPSA) is 46.6 Å². The van der Waals surface area contributed by atoms with Crippen LogP contribution in [0.5, 0.6) is 0 Å². The monoisotopic (exact) mass is 277 g/mol. The first-order valence-electron chi connectivity index (χ1n) is 6.68. The van der Waals surface area contributed by atoms with E-state index in [1.54, 1.807) is 26.0 Å². The fourth-order valence-electron chi connectivity index (χ4n) is 1.66. The van der Waals surface area contributed by atoms with Gasteiger partial charge in [0.25, 0.3) is 0 Å². The summed E-state index contributed by atoms with van der Waals surface area (Å²) in [5.74, 6) is 4.91. The molecule has 0 aromatic rings. The lowest BCUT2D eigenvalue weighted by Gasteiger charge is -2.25. The van der Waals surface area contributed by atoms with Crippen LogP contribution in [-0.4, -0.2) is 42.4 Å². The molecule has 110 valence electrons. The van der Waals surface area contributed by atoms with E-state index >= 15 is 0 Å². The maximum Gasteiger partial charge on any atom is 0.384 e. The zero-order valence-electron chi connectivity index (χ0n) is 12.4. The molecule has 4 nitrogen and oxygen atoms in total. The average Bonchev–Trinajstić information content (AvgIpc) is 2.39. The Balaban J connectivity index is 4.91. The fourth-order valence-corrected chi connectivity index (χ4v) is 1.66. The number of ketones is 1. The van der Waals surface area contributed by atoms with E-state index in [2.05, 4.69) is 25.0 Å². The molecular formula is C16H23NO3. The molecule has 0 bridgehead atoms. The first kappa shape index (κ1) is 18.1. The van der Waals surface area contributed by atoms with E-state index in [1.807, 2.05) is 4.90 Å². The third-order valence-corrected chi connectivity index (χ3v) is 2.55. The van der Waals surface area contributed by atoms with E-state index in [1.165, 1.54) is 0 Å². The normalized spacial score (nSPS) is 11.2. The third kappa shape index (κ3) is 8.28. The molecule has 0 aromatic carbocycles. The zero-order chi connectivity index (χ0) is 15.4. The molecule has 0 aliphatic heterocycles. The lowest BCUT2D eigenvalue weighted by Crippen LogP contribution is -2.35. The molecule has 0 saturated carbocycles. The first-order chi connectivity index (χ1) is 9.54. The van der Waals surface area contributed by atoms with Gasteiger partial charge in [0.15, 0.2) is 0 Å². The highest BCUT2D eigenvalue weighted by atomic mass is 16.5. The summed E-state index contributed by atoms with van der Waals surface area (Å²) in [5.41, 5.74) is 0. The second kappa shape index (κ2) is 11.0. The molecule has 0 radical (unpaired) electrons. The van der Waals surface area contributed by atoms with E-state index in [9.17, 15) is 9.59 Å². The van der Waals surface area contributed by atoms with Gasteiger partial charge in [-0.1, -0.05) is 18.1 Å². The molecule has 0 spiro atoms. The Morgan fingerprint density at radius 2 is 1.90 bits per heavy atom. The maximum absolute atomic E-state index is 11.3. The summed E-state index contributed by atoms with van der Waals surface area (Å²) in [5, 5.41) is 0. The number of Topliss-reactive ketones (excluding diaryl/α,β-unsaturated/α-hetero) is 1. The molecular weight excluding hydrogens is 254 g/mol. The molecule has 0 amide bonds. The Hall–Kier alpha value is -1.86. The van der Waals surface area contributed by atoms with Crippen molar-refractivity contribution in [3.05, 3.63) is 25.3 Å². The molecule has 0 aliphatic rings. The van der Waals surface area contributed by atoms with E-state index in [0.717, 1.165) is 0 Å². The highest BCUT2D eigenvalue weighted by Gasteiger charge is 2.15. The van der Waals surface area contributed by atoms with Crippen molar-refractivity contribution < 1.29 is 14.3 Å². The smallest absolute Gasteiger partial charge is 0.384 e. The van der Waals surface area contributed by atoms with E-state index in [4.69, 9.17) is 4.74 Å². The third-order valence-electron chi connectivity index (χ3n) is 2.55. The van der Waals surface area contributed by atoms with Crippen LogP contribution in [0.1, 0.15) is 26.7 Å². The molecule has 20 heavy (non-hydrogen) atoms. The van der Waals surface area contributed by atoms with Crippen molar-refractivity contribution >= 4 is 11.8 Å². The SMILES string of the molecule is C=CCN(CC=C)C(C#CC(=O)OCC)CCC(C)=O. The minimum Gasteiger partial charge on any atom is -0.456 e. The Kier molecular flexibility index (Phi) is 9.98. The number of carbonyl (C=O) groups excluding carboxylic acids is 2. The average molecular weight is 277 g/mol. The van der Waals surface area contributed by atoms with Gasteiger partial charge >= 0.3 is 5.97 Å². The molecule has 0 rings (SSSR count). The number of esters is 1. The van der Waals surface area contributed by atoms with Crippen molar-refractivity contribution in [2.24, 2.45) is 0 Å². The van der Waals surface area contributed by atoms with Crippen LogP contribution in [0, 0.1) is 11.8 Å². The van der Waals surface area contributed by atoms with Crippen LogP contribution in [0.2, 0.25) is 0 Å². The number of hydrogen-bond donors (Lipinski definition) is 0. The van der Waals surface area contributed by atoms with Gasteiger partial charge < -0.3 is 9.53 Å². The number of hydrogen-bond acceptors (Lipinski definition) is 4. The van der Waals surface area contributed by atoms with Crippen molar-refractivity contribution in [1.82, 2.24) is 4.90 Å². The van der Waals surface area contributed by atoms with Gasteiger partial charge in [0, 0.05) is 25.4 Å². The Morgan fingerprint density at radius 1 is 1.30 bits per heavy atom. The van der Waals surface area contributed by atoms with Crippen LogP contribution >= 0.6 is 0 Å². The Bertz CT molecular complexity index is 394. The molecule has 0 aliphatic carbocycles. The Morgan fingerprint density at radius 3 is 2.35 bits per heavy atom. The minimum absolute atomic E-state index is 0.102. The van der Waals surface area contributed by atoms with Crippen molar-refractivity contribution in [2.75, 3.05) is 19.7 Å². The van der Waals surface area contributed by atoms with Gasteiger partial charge in [-0.25, -0.2) is 4.79 Å². The number of nitrogens with zero attached hydrogens (tertiary/aromatic N) is 1. The summed E-state index contributed by atoms with van der Waals surface area (Å²) in [4.78, 5) is 24.4. The van der Waals surface area contributed by atoms with Crippen LogP contribution in [-0.2, 0) is 14.3 Å². The quantitative estimate of drug-likeness (QED) is 0.280. The minimum atomic E-state index is -0.544. The van der Waals surface area contributed by atoms with Gasteiger partial charge in [-0.15, -0.1) is 13.2 Å². The second-order valence-corrected chi connectivity index (χ2v) is 4.28. The number of rotatable bonds is 9. The van der Waals surface area contributed by atoms with Gasteiger partial charge in [0.1, 0.15) is 5.78 Å². The molecule has 0 saturated heterocycles. The van der Waals surface area contributed by atoms with Crippen LogP contribution in [0.15, 0.2) is 25.3 Å². The largest absolute Gasteiger partial charge is 0.456 e. The maximum atomic E-state index is 11.3. The second-order valence-electron chi connectivity index (χ2n) is 4.28. The summed E-state index contributed by atoms with van der Waals surface area (Å²) < 4.78 is 4.78. The first-order valence-corrected chi connectivity index (χ1v) is 6.68. The summed E-state index contributed by atoms with van der Waals surface area (Å²) in [6.07, 6.45) is 4.52. The standard InChI is InChI=1S/C16H23NO3/c1-5-12-17(13-6-2)15(9-8-14(4)18)10-11-16(19)20-7-3/h5-6,15H,1-2,7-9,12-13H2,3-4H3. The molecule has 4 heteroatoms. The van der Waals surface area contributed by atoms with Crippen LogP contribution < -0.4 is 0 Å². The number of carbonyl (C=O) groups is 2. The van der Waals surface area contributed by atoms with Crippen molar-refractivity contribution in [3.63, 3.8) is 0 Å². The highest BCUT2D eigenvalue weighted by molar-refractivity contribution is 5.88. The van der Waals surface area contributed by atoms with Crippen molar-refractivity contribution in [2.45, 2.75) is 32.7 Å². The van der Waals surface area contributed by atoms with E-state index in [-0.39, 0.29) is 11.8 Å². The van der Waals surface area contributed by atoms with Gasteiger partial charge in [0.05, 0.1) is 12.6 Å². The highest BCUT2D eigenvalue weighted by Crippen LogP contribution is 2.07. The molecule has 0 fully saturated rings. The number of ether oxygens (including phenoxy) is 1. The van der Waals surface area contributed by atoms with Gasteiger partial charge in [-0.2, -0.15) is 0 Å². The van der Waals surface area contributed by atoms with Crippen molar-refractivity contribution in [3.8, 4) is 11.8 Å². The summed E-state index contributed by atoms with van der Waals surface area (Å²) >= 11 is 0. The predicted octanol–water partition coefficient (Wildman–Crippen LogP) is 1.96. The molecule has 0 aromatic heterocycles. The molecule has 1 atom stereocenters.